The van der Waals surface area contributed by atoms with Crippen molar-refractivity contribution in [3.63, 3.8) is 0 Å². The summed E-state index contributed by atoms with van der Waals surface area (Å²) in [5.41, 5.74) is 9.47. The van der Waals surface area contributed by atoms with Crippen molar-refractivity contribution < 1.29 is 0 Å². The molecule has 1 aromatic carbocycles. The molecule has 18 heavy (non-hydrogen) atoms. The van der Waals surface area contributed by atoms with Gasteiger partial charge in [0, 0.05) is 29.7 Å². The Morgan fingerprint density at radius 3 is 3.00 bits per heavy atom. The Morgan fingerprint density at radius 1 is 1.44 bits per heavy atom. The van der Waals surface area contributed by atoms with Crippen LogP contribution in [0.3, 0.4) is 0 Å². The fraction of sp³-hybridized carbons (Fsp3) is 0.357. The number of pyridine rings is 1. The van der Waals surface area contributed by atoms with Crippen LogP contribution in [0.2, 0.25) is 0 Å². The zero-order valence-electron chi connectivity index (χ0n) is 10.7. The summed E-state index contributed by atoms with van der Waals surface area (Å²) in [7, 11) is 1.82. The molecule has 0 radical (unpaired) electrons. The van der Waals surface area contributed by atoms with Crippen LogP contribution in [-0.2, 0) is 13.5 Å². The summed E-state index contributed by atoms with van der Waals surface area (Å²) in [4.78, 5) is 12.3. The lowest BCUT2D eigenvalue weighted by molar-refractivity contribution is 0.671. The first-order valence-corrected chi connectivity index (χ1v) is 6.25. The largest absolute Gasteiger partial charge is 0.399 e. The lowest BCUT2D eigenvalue weighted by Crippen LogP contribution is -2.31. The Bertz CT molecular complexity index is 687. The van der Waals surface area contributed by atoms with Crippen molar-refractivity contribution >= 4 is 22.3 Å². The third kappa shape index (κ3) is 1.49. The van der Waals surface area contributed by atoms with Gasteiger partial charge in [0.2, 0.25) is 0 Å². The van der Waals surface area contributed by atoms with Crippen LogP contribution in [0.5, 0.6) is 0 Å². The van der Waals surface area contributed by atoms with Crippen molar-refractivity contribution in [1.82, 2.24) is 4.57 Å². The van der Waals surface area contributed by atoms with E-state index in [0.717, 1.165) is 40.7 Å². The minimum absolute atomic E-state index is 0.0988. The molecule has 3 rings (SSSR count). The zero-order chi connectivity index (χ0) is 12.9. The van der Waals surface area contributed by atoms with Gasteiger partial charge in [-0.3, -0.25) is 4.79 Å². The monoisotopic (exact) mass is 243 g/mol. The summed E-state index contributed by atoms with van der Waals surface area (Å²) in [6.45, 7) is 2.14. The third-order valence-electron chi connectivity index (χ3n) is 3.73. The van der Waals surface area contributed by atoms with Crippen molar-refractivity contribution in [2.75, 3.05) is 11.1 Å². The maximum absolute atomic E-state index is 12.3. The van der Waals surface area contributed by atoms with Crippen molar-refractivity contribution in [3.8, 4) is 0 Å². The van der Waals surface area contributed by atoms with Gasteiger partial charge in [0.05, 0.1) is 11.2 Å². The van der Waals surface area contributed by atoms with Crippen LogP contribution in [0.15, 0.2) is 23.0 Å². The van der Waals surface area contributed by atoms with Crippen LogP contribution >= 0.6 is 0 Å². The topological polar surface area (TPSA) is 60.0 Å². The molecule has 1 aromatic heterocycles. The smallest absolute Gasteiger partial charge is 0.256 e. The maximum Gasteiger partial charge on any atom is 0.256 e. The first-order chi connectivity index (χ1) is 8.58. The first-order valence-electron chi connectivity index (χ1n) is 6.25. The summed E-state index contributed by atoms with van der Waals surface area (Å²) >= 11 is 0. The molecule has 0 bridgehead atoms. The van der Waals surface area contributed by atoms with Crippen LogP contribution in [0.25, 0.3) is 10.9 Å². The van der Waals surface area contributed by atoms with Crippen molar-refractivity contribution in [3.05, 3.63) is 34.1 Å². The fourth-order valence-corrected chi connectivity index (χ4v) is 2.70. The van der Waals surface area contributed by atoms with Gasteiger partial charge in [0.25, 0.3) is 5.56 Å². The number of nitrogens with two attached hydrogens (primary N) is 1. The van der Waals surface area contributed by atoms with E-state index in [1.165, 1.54) is 0 Å². The molecule has 3 N–H and O–H groups in total. The number of aryl methyl sites for hydroxylation is 1. The van der Waals surface area contributed by atoms with Gasteiger partial charge in [0.15, 0.2) is 0 Å². The predicted octanol–water partition coefficient (Wildman–Crippen LogP) is 1.87. The van der Waals surface area contributed by atoms with E-state index in [4.69, 9.17) is 5.73 Å². The van der Waals surface area contributed by atoms with E-state index in [-0.39, 0.29) is 5.56 Å². The van der Waals surface area contributed by atoms with Gasteiger partial charge >= 0.3 is 0 Å². The molecular weight excluding hydrogens is 226 g/mol. The number of fused-ring (bicyclic) bond motifs is 3. The molecule has 0 saturated heterocycles. The number of anilines is 2. The van der Waals surface area contributed by atoms with Gasteiger partial charge in [-0.1, -0.05) is 0 Å². The number of benzene rings is 1. The molecule has 2 aromatic rings. The standard InChI is InChI=1S/C14H17N3O/c1-8-3-5-10-13(16-8)11-7-9(15)4-6-12(11)17(2)14(10)18/h4,6-8,16H,3,5,15H2,1-2H3. The number of hydrogen-bond donors (Lipinski definition) is 2. The van der Waals surface area contributed by atoms with Gasteiger partial charge in [0.1, 0.15) is 0 Å². The molecule has 0 fully saturated rings. The van der Waals surface area contributed by atoms with Gasteiger partial charge < -0.3 is 15.6 Å². The summed E-state index contributed by atoms with van der Waals surface area (Å²) < 4.78 is 1.71. The molecular formula is C14H17N3O. The highest BCUT2D eigenvalue weighted by Gasteiger charge is 2.21. The molecule has 1 aliphatic rings. The molecule has 0 saturated carbocycles. The highest BCUT2D eigenvalue weighted by atomic mass is 16.1. The van der Waals surface area contributed by atoms with Crippen LogP contribution in [-0.4, -0.2) is 10.6 Å². The first kappa shape index (κ1) is 11.1. The lowest BCUT2D eigenvalue weighted by Gasteiger charge is -2.26. The van der Waals surface area contributed by atoms with Crippen LogP contribution < -0.4 is 16.6 Å². The maximum atomic E-state index is 12.3. The van der Waals surface area contributed by atoms with Crippen molar-refractivity contribution in [2.24, 2.45) is 7.05 Å². The summed E-state index contributed by atoms with van der Waals surface area (Å²) in [5, 5.41) is 4.47. The minimum atomic E-state index is 0.0988. The normalized spacial score (nSPS) is 18.4. The minimum Gasteiger partial charge on any atom is -0.399 e. The number of rotatable bonds is 0. The average molecular weight is 243 g/mol. The summed E-state index contributed by atoms with van der Waals surface area (Å²) in [6, 6.07) is 6.08. The molecule has 1 aliphatic heterocycles. The van der Waals surface area contributed by atoms with Crippen molar-refractivity contribution in [2.45, 2.75) is 25.8 Å². The van der Waals surface area contributed by atoms with E-state index in [0.29, 0.717) is 6.04 Å². The third-order valence-corrected chi connectivity index (χ3v) is 3.73. The van der Waals surface area contributed by atoms with E-state index in [1.807, 2.05) is 25.2 Å². The predicted molar refractivity (Wildman–Crippen MR) is 75.0 cm³/mol. The van der Waals surface area contributed by atoms with Crippen molar-refractivity contribution in [1.29, 1.82) is 0 Å². The van der Waals surface area contributed by atoms with Gasteiger partial charge in [-0.15, -0.1) is 0 Å². The second-order valence-electron chi connectivity index (χ2n) is 5.08. The molecule has 1 atom stereocenters. The van der Waals surface area contributed by atoms with Crippen LogP contribution in [0.4, 0.5) is 11.4 Å². The number of nitrogens with one attached hydrogen (secondary N) is 1. The SMILES string of the molecule is CC1CCc2c(c3cc(N)ccc3n(C)c2=O)N1. The number of nitrogens with zero attached hydrogens (tertiary/aromatic N) is 1. The highest BCUT2D eigenvalue weighted by Crippen LogP contribution is 2.31. The number of nitrogen functional groups attached to an aromatic ring is 1. The molecule has 2 heterocycles. The Hall–Kier alpha value is -1.97. The Labute approximate surface area is 105 Å². The summed E-state index contributed by atoms with van der Waals surface area (Å²) in [5.74, 6) is 0. The Kier molecular flexibility index (Phi) is 2.33. The van der Waals surface area contributed by atoms with E-state index < -0.39 is 0 Å². The quantitative estimate of drug-likeness (QED) is 0.694. The fourth-order valence-electron chi connectivity index (χ4n) is 2.70. The number of aromatic nitrogens is 1. The zero-order valence-corrected chi connectivity index (χ0v) is 10.7. The second kappa shape index (κ2) is 3.77. The molecule has 1 unspecified atom stereocenters. The van der Waals surface area contributed by atoms with Crippen LogP contribution in [0, 0.1) is 0 Å². The lowest BCUT2D eigenvalue weighted by atomic mass is 9.97. The van der Waals surface area contributed by atoms with E-state index in [1.54, 1.807) is 4.57 Å². The molecule has 4 nitrogen and oxygen atoms in total. The Balaban J connectivity index is 2.44. The van der Waals surface area contributed by atoms with E-state index in [2.05, 4.69) is 12.2 Å². The molecule has 0 spiro atoms. The Morgan fingerprint density at radius 2 is 2.22 bits per heavy atom. The highest BCUT2D eigenvalue weighted by molar-refractivity contribution is 5.95. The van der Waals surface area contributed by atoms with E-state index >= 15 is 0 Å². The molecule has 94 valence electrons. The summed E-state index contributed by atoms with van der Waals surface area (Å²) in [6.07, 6.45) is 1.83. The molecule has 4 heteroatoms. The number of hydrogen-bond acceptors (Lipinski definition) is 3. The van der Waals surface area contributed by atoms with Crippen LogP contribution in [0.1, 0.15) is 18.9 Å². The van der Waals surface area contributed by atoms with E-state index in [9.17, 15) is 4.79 Å². The van der Waals surface area contributed by atoms with Gasteiger partial charge in [-0.05, 0) is 38.0 Å². The second-order valence-corrected chi connectivity index (χ2v) is 5.08. The molecule has 0 aliphatic carbocycles. The average Bonchev–Trinajstić information content (AvgIpc) is 2.36. The molecule has 0 amide bonds. The van der Waals surface area contributed by atoms with Gasteiger partial charge in [-0.25, -0.2) is 0 Å². The van der Waals surface area contributed by atoms with Gasteiger partial charge in [-0.2, -0.15) is 0 Å².